The van der Waals surface area contributed by atoms with Crippen molar-refractivity contribution in [3.05, 3.63) is 0 Å². The van der Waals surface area contributed by atoms with Gasteiger partial charge in [0.15, 0.2) is 0 Å². The molecule has 8 nitrogen and oxygen atoms in total. The average Bonchev–Trinajstić information content (AvgIpc) is 3.03. The van der Waals surface area contributed by atoms with E-state index in [1.165, 1.54) is 11.4 Å². The van der Waals surface area contributed by atoms with Gasteiger partial charge < -0.3 is 9.64 Å². The first-order valence-corrected chi connectivity index (χ1v) is 8.84. The molecule has 9 heteroatoms. The fourth-order valence-electron chi connectivity index (χ4n) is 2.76. The number of ether oxygens (including phenoxy) is 1. The summed E-state index contributed by atoms with van der Waals surface area (Å²) in [7, 11) is -2.26. The first kappa shape index (κ1) is 17.1. The minimum atomic E-state index is -3.71. The first-order chi connectivity index (χ1) is 10.5. The lowest BCUT2D eigenvalue weighted by molar-refractivity contribution is -0.138. The van der Waals surface area contributed by atoms with Crippen LogP contribution in [0, 0.1) is 11.3 Å². The van der Waals surface area contributed by atoms with E-state index < -0.39 is 16.3 Å². The molecule has 124 valence electrons. The number of nitrogens with zero attached hydrogens (tertiary/aromatic N) is 4. The maximum atomic E-state index is 12.6. The summed E-state index contributed by atoms with van der Waals surface area (Å²) in [5.41, 5.74) is 0. The third-order valence-electron chi connectivity index (χ3n) is 4.04. The van der Waals surface area contributed by atoms with Gasteiger partial charge in [-0.15, -0.1) is 0 Å². The number of amides is 1. The summed E-state index contributed by atoms with van der Waals surface area (Å²) in [5, 5.41) is 8.60. The Morgan fingerprint density at radius 3 is 2.68 bits per heavy atom. The molecule has 22 heavy (non-hydrogen) atoms. The minimum Gasteiger partial charge on any atom is -0.378 e. The topological polar surface area (TPSA) is 93.9 Å². The predicted octanol–water partition coefficient (Wildman–Crippen LogP) is -0.600. The molecule has 0 aliphatic carbocycles. The standard InChI is InChI=1S/C13H22N4O4S/c1-15(6-3-5-14)22(19,20)17-7-2-4-12(17)13(18)16-8-10-21-11-9-16/h12H,2-4,6-11H2,1H3. The van der Waals surface area contributed by atoms with Crippen molar-refractivity contribution < 1.29 is 17.9 Å². The van der Waals surface area contributed by atoms with Crippen LogP contribution >= 0.6 is 0 Å². The number of hydrogen-bond donors (Lipinski definition) is 0. The van der Waals surface area contributed by atoms with Gasteiger partial charge in [0, 0.05) is 39.6 Å². The molecule has 0 radical (unpaired) electrons. The smallest absolute Gasteiger partial charge is 0.282 e. The molecule has 2 heterocycles. The Balaban J connectivity index is 2.09. The highest BCUT2D eigenvalue weighted by atomic mass is 32.2. The van der Waals surface area contributed by atoms with Crippen molar-refractivity contribution in [2.45, 2.75) is 25.3 Å². The number of carbonyl (C=O) groups is 1. The second-order valence-corrected chi connectivity index (χ2v) is 7.43. The highest BCUT2D eigenvalue weighted by Crippen LogP contribution is 2.24. The summed E-state index contributed by atoms with van der Waals surface area (Å²) in [4.78, 5) is 14.3. The Bertz CT molecular complexity index is 539. The normalized spacial score (nSPS) is 23.7. The van der Waals surface area contributed by atoms with E-state index in [2.05, 4.69) is 0 Å². The van der Waals surface area contributed by atoms with Crippen LogP contribution in [0.5, 0.6) is 0 Å². The average molecular weight is 330 g/mol. The summed E-state index contributed by atoms with van der Waals surface area (Å²) in [6.45, 7) is 2.48. The van der Waals surface area contributed by atoms with Gasteiger partial charge >= 0.3 is 0 Å². The predicted molar refractivity (Wildman–Crippen MR) is 78.9 cm³/mol. The summed E-state index contributed by atoms with van der Waals surface area (Å²) in [6, 6.07) is 1.30. The molecule has 2 rings (SSSR count). The molecule has 0 bridgehead atoms. The molecule has 1 unspecified atom stereocenters. The molecule has 1 amide bonds. The van der Waals surface area contributed by atoms with E-state index in [9.17, 15) is 13.2 Å². The fraction of sp³-hybridized carbons (Fsp3) is 0.846. The lowest BCUT2D eigenvalue weighted by Gasteiger charge is -2.33. The van der Waals surface area contributed by atoms with Crippen LogP contribution in [0.4, 0.5) is 0 Å². The van der Waals surface area contributed by atoms with Crippen molar-refractivity contribution in [3.63, 3.8) is 0 Å². The molecular weight excluding hydrogens is 308 g/mol. The molecule has 0 aromatic rings. The van der Waals surface area contributed by atoms with Gasteiger partial charge in [0.05, 0.1) is 19.3 Å². The molecule has 2 aliphatic heterocycles. The first-order valence-electron chi connectivity index (χ1n) is 7.45. The summed E-state index contributed by atoms with van der Waals surface area (Å²) >= 11 is 0. The lowest BCUT2D eigenvalue weighted by Crippen LogP contribution is -2.53. The Labute approximate surface area is 131 Å². The molecule has 0 aromatic carbocycles. The van der Waals surface area contributed by atoms with Crippen molar-refractivity contribution in [3.8, 4) is 6.07 Å². The highest BCUT2D eigenvalue weighted by molar-refractivity contribution is 7.86. The van der Waals surface area contributed by atoms with Gasteiger partial charge in [-0.2, -0.15) is 22.3 Å². The molecular formula is C13H22N4O4S. The maximum absolute atomic E-state index is 12.6. The van der Waals surface area contributed by atoms with Gasteiger partial charge in [-0.05, 0) is 12.8 Å². The largest absolute Gasteiger partial charge is 0.378 e. The van der Waals surface area contributed by atoms with E-state index in [4.69, 9.17) is 10.00 Å². The zero-order valence-electron chi connectivity index (χ0n) is 12.8. The molecule has 0 saturated carbocycles. The van der Waals surface area contributed by atoms with E-state index in [1.54, 1.807) is 4.90 Å². The van der Waals surface area contributed by atoms with E-state index in [0.717, 1.165) is 4.31 Å². The van der Waals surface area contributed by atoms with Crippen LogP contribution in [-0.2, 0) is 19.7 Å². The Morgan fingerprint density at radius 2 is 2.05 bits per heavy atom. The third-order valence-corrected chi connectivity index (χ3v) is 6.04. The molecule has 2 aliphatic rings. The highest BCUT2D eigenvalue weighted by Gasteiger charge is 2.42. The fourth-order valence-corrected chi connectivity index (χ4v) is 4.32. The van der Waals surface area contributed by atoms with Crippen LogP contribution in [0.3, 0.4) is 0 Å². The quantitative estimate of drug-likeness (QED) is 0.671. The number of carbonyl (C=O) groups excluding carboxylic acids is 1. The monoisotopic (exact) mass is 330 g/mol. The molecule has 0 N–H and O–H groups in total. The number of rotatable bonds is 5. The van der Waals surface area contributed by atoms with Crippen LogP contribution in [0.1, 0.15) is 19.3 Å². The van der Waals surface area contributed by atoms with Gasteiger partial charge in [0.25, 0.3) is 10.2 Å². The van der Waals surface area contributed by atoms with Crippen molar-refractivity contribution >= 4 is 16.1 Å². The minimum absolute atomic E-state index is 0.131. The van der Waals surface area contributed by atoms with Crippen LogP contribution in [0.2, 0.25) is 0 Å². The van der Waals surface area contributed by atoms with Gasteiger partial charge in [-0.1, -0.05) is 0 Å². The Kier molecular flexibility index (Phi) is 5.74. The zero-order valence-corrected chi connectivity index (χ0v) is 13.6. The van der Waals surface area contributed by atoms with E-state index in [0.29, 0.717) is 45.7 Å². The van der Waals surface area contributed by atoms with Gasteiger partial charge in [0.1, 0.15) is 6.04 Å². The van der Waals surface area contributed by atoms with Crippen molar-refractivity contribution in [1.82, 2.24) is 13.5 Å². The number of nitriles is 1. The summed E-state index contributed by atoms with van der Waals surface area (Å²) < 4.78 is 32.8. The molecule has 2 saturated heterocycles. The van der Waals surface area contributed by atoms with Crippen LogP contribution in [-0.4, -0.2) is 80.3 Å². The lowest BCUT2D eigenvalue weighted by atomic mass is 10.2. The van der Waals surface area contributed by atoms with E-state index in [-0.39, 0.29) is 18.9 Å². The van der Waals surface area contributed by atoms with Gasteiger partial charge in [-0.3, -0.25) is 4.79 Å². The summed E-state index contributed by atoms with van der Waals surface area (Å²) in [6.07, 6.45) is 1.35. The van der Waals surface area contributed by atoms with Crippen LogP contribution < -0.4 is 0 Å². The molecule has 0 spiro atoms. The second kappa shape index (κ2) is 7.37. The molecule has 1 atom stereocenters. The second-order valence-electron chi connectivity index (χ2n) is 5.44. The number of hydrogen-bond acceptors (Lipinski definition) is 5. The Hall–Kier alpha value is -1.21. The van der Waals surface area contributed by atoms with E-state index >= 15 is 0 Å². The number of morpholine rings is 1. The van der Waals surface area contributed by atoms with Crippen molar-refractivity contribution in [2.75, 3.05) is 46.4 Å². The van der Waals surface area contributed by atoms with Crippen molar-refractivity contribution in [1.29, 1.82) is 5.26 Å². The Morgan fingerprint density at radius 1 is 1.36 bits per heavy atom. The third kappa shape index (κ3) is 3.57. The SMILES string of the molecule is CN(CCC#N)S(=O)(=O)N1CCCC1C(=O)N1CCOCC1. The molecule has 0 aromatic heterocycles. The van der Waals surface area contributed by atoms with Gasteiger partial charge in [0.2, 0.25) is 5.91 Å². The van der Waals surface area contributed by atoms with Crippen LogP contribution in [0.15, 0.2) is 0 Å². The van der Waals surface area contributed by atoms with Gasteiger partial charge in [-0.25, -0.2) is 0 Å². The van der Waals surface area contributed by atoms with Crippen LogP contribution in [0.25, 0.3) is 0 Å². The molecule has 2 fully saturated rings. The maximum Gasteiger partial charge on any atom is 0.282 e. The summed E-state index contributed by atoms with van der Waals surface area (Å²) in [5.74, 6) is -0.141. The van der Waals surface area contributed by atoms with E-state index in [1.807, 2.05) is 6.07 Å². The van der Waals surface area contributed by atoms with Crippen molar-refractivity contribution in [2.24, 2.45) is 0 Å². The zero-order chi connectivity index (χ0) is 16.2.